The van der Waals surface area contributed by atoms with E-state index >= 15 is 0 Å². The molecular formula is C11H11ClNNaO5S. The number of hydrogen-bond acceptors (Lipinski definition) is 5. The fourth-order valence-electron chi connectivity index (χ4n) is 1.03. The number of nitrogens with zero attached hydrogens (tertiary/aromatic N) is 1. The van der Waals surface area contributed by atoms with Crippen LogP contribution in [0, 0.1) is 6.92 Å². The third-order valence-electron chi connectivity index (χ3n) is 1.98. The van der Waals surface area contributed by atoms with E-state index in [1.807, 2.05) is 6.92 Å². The Morgan fingerprint density at radius 2 is 1.85 bits per heavy atom. The maximum atomic E-state index is 11.0. The molecule has 0 aromatic heterocycles. The van der Waals surface area contributed by atoms with Crippen LogP contribution < -0.4 is 29.6 Å². The fourth-order valence-corrected chi connectivity index (χ4v) is 1.83. The van der Waals surface area contributed by atoms with Gasteiger partial charge in [-0.3, -0.25) is 11.8 Å². The van der Waals surface area contributed by atoms with Gasteiger partial charge in [-0.15, -0.1) is 0 Å². The van der Waals surface area contributed by atoms with Crippen molar-refractivity contribution in [3.63, 3.8) is 0 Å². The first kappa shape index (κ1) is 19.4. The van der Waals surface area contributed by atoms with Gasteiger partial charge in [-0.1, -0.05) is 17.7 Å². The van der Waals surface area contributed by atoms with Gasteiger partial charge < -0.3 is 13.7 Å². The molecule has 0 saturated heterocycles. The van der Waals surface area contributed by atoms with Gasteiger partial charge in [0, 0.05) is 4.90 Å². The number of esters is 1. The smallest absolute Gasteiger partial charge is 0.465 e. The Kier molecular flexibility index (Phi) is 9.11. The van der Waals surface area contributed by atoms with Gasteiger partial charge in [0.2, 0.25) is 6.79 Å². The van der Waals surface area contributed by atoms with E-state index in [4.69, 9.17) is 11.8 Å². The molecule has 1 aromatic rings. The van der Waals surface area contributed by atoms with Crippen molar-refractivity contribution in [2.24, 2.45) is 0 Å². The normalized spacial score (nSPS) is 13.2. The average molecular weight is 328 g/mol. The van der Waals surface area contributed by atoms with E-state index in [0.717, 1.165) is 5.56 Å². The van der Waals surface area contributed by atoms with E-state index < -0.39 is 10.0 Å². The number of ether oxygens (including phenoxy) is 2. The monoisotopic (exact) mass is 327 g/mol. The molecule has 0 amide bonds. The standard InChI is InChI=1S/C7H7ClNO2S.C4H4O3.Na/c1-6-2-4-7(5-3-6)12(10,11)9-8;5-4-1-2-6-3-7-4;/h2-5H,1H3;1-2H,3H2;/q-1;;+1. The number of hydrogen-bond donors (Lipinski definition) is 0. The van der Waals surface area contributed by atoms with E-state index in [0.29, 0.717) is 0 Å². The van der Waals surface area contributed by atoms with Gasteiger partial charge in [0.15, 0.2) is 0 Å². The van der Waals surface area contributed by atoms with Gasteiger partial charge in [0.05, 0.1) is 12.3 Å². The molecule has 2 rings (SSSR count). The first-order valence-electron chi connectivity index (χ1n) is 5.05. The molecule has 9 heteroatoms. The number of benzene rings is 1. The zero-order chi connectivity index (χ0) is 14.3. The van der Waals surface area contributed by atoms with Crippen LogP contribution in [0.4, 0.5) is 0 Å². The molecule has 6 nitrogen and oxygen atoms in total. The molecule has 0 bridgehead atoms. The number of halogens is 1. The van der Waals surface area contributed by atoms with Gasteiger partial charge in [-0.2, -0.15) is 0 Å². The topological polar surface area (TPSA) is 83.8 Å². The van der Waals surface area contributed by atoms with Crippen molar-refractivity contribution >= 4 is 27.8 Å². The summed E-state index contributed by atoms with van der Waals surface area (Å²) in [5, 5.41) is 0. The van der Waals surface area contributed by atoms with Crippen LogP contribution in [-0.4, -0.2) is 21.2 Å². The summed E-state index contributed by atoms with van der Waals surface area (Å²) in [6.07, 6.45) is 2.54. The molecule has 0 fully saturated rings. The summed E-state index contributed by atoms with van der Waals surface area (Å²) in [7, 11) is -3.62. The van der Waals surface area contributed by atoms with Crippen molar-refractivity contribution in [3.8, 4) is 0 Å². The van der Waals surface area contributed by atoms with Gasteiger partial charge in [0.25, 0.3) is 0 Å². The predicted octanol–water partition coefficient (Wildman–Crippen LogP) is -0.754. The third kappa shape index (κ3) is 6.74. The maximum absolute atomic E-state index is 11.0. The maximum Gasteiger partial charge on any atom is 1.00 e. The van der Waals surface area contributed by atoms with E-state index in [9.17, 15) is 13.2 Å². The molecular weight excluding hydrogens is 317 g/mol. The first-order chi connectivity index (χ1) is 8.95. The summed E-state index contributed by atoms with van der Waals surface area (Å²) in [6, 6.07) is 6.32. The SMILES string of the molecule is Cc1ccc(S(=O)(=O)[N-]Cl)cc1.O=C1C=COCO1.[Na+]. The van der Waals surface area contributed by atoms with E-state index in [-0.39, 0.29) is 47.2 Å². The number of rotatable bonds is 2. The molecule has 1 aliphatic heterocycles. The number of cyclic esters (lactones) is 1. The second-order valence-electron chi connectivity index (χ2n) is 3.41. The number of sulfonamides is 1. The van der Waals surface area contributed by atoms with Gasteiger partial charge in [-0.25, -0.2) is 13.2 Å². The predicted molar refractivity (Wildman–Crippen MR) is 68.8 cm³/mol. The fraction of sp³-hybridized carbons (Fsp3) is 0.182. The zero-order valence-electron chi connectivity index (χ0n) is 10.9. The molecule has 0 aliphatic carbocycles. The molecule has 1 aliphatic rings. The van der Waals surface area contributed by atoms with Crippen molar-refractivity contribution in [3.05, 3.63) is 46.4 Å². The summed E-state index contributed by atoms with van der Waals surface area (Å²) in [5.41, 5.74) is 0.989. The molecule has 0 unspecified atom stereocenters. The Labute approximate surface area is 144 Å². The van der Waals surface area contributed by atoms with Crippen LogP contribution in [0.3, 0.4) is 0 Å². The number of carbonyl (C=O) groups is 1. The quantitative estimate of drug-likeness (QED) is 0.527. The van der Waals surface area contributed by atoms with E-state index in [1.54, 1.807) is 12.1 Å². The summed E-state index contributed by atoms with van der Waals surface area (Å²) in [4.78, 5) is 10.2. The van der Waals surface area contributed by atoms with Crippen molar-refractivity contribution in [2.75, 3.05) is 6.79 Å². The van der Waals surface area contributed by atoms with Crippen molar-refractivity contribution in [1.82, 2.24) is 0 Å². The number of carbonyl (C=O) groups excluding carboxylic acids is 1. The van der Waals surface area contributed by atoms with E-state index in [2.05, 4.69) is 13.7 Å². The van der Waals surface area contributed by atoms with Crippen LogP contribution in [0.2, 0.25) is 0 Å². The molecule has 0 N–H and O–H groups in total. The molecule has 1 heterocycles. The van der Waals surface area contributed by atoms with Crippen LogP contribution in [0.25, 0.3) is 4.24 Å². The molecule has 0 saturated carbocycles. The van der Waals surface area contributed by atoms with E-state index in [1.165, 1.54) is 24.5 Å². The minimum Gasteiger partial charge on any atom is -0.465 e. The van der Waals surface area contributed by atoms with Crippen LogP contribution >= 0.6 is 11.8 Å². The Morgan fingerprint density at radius 3 is 2.20 bits per heavy atom. The average Bonchev–Trinajstić information content (AvgIpc) is 2.41. The Bertz CT molecular complexity index is 559. The Morgan fingerprint density at radius 1 is 1.25 bits per heavy atom. The van der Waals surface area contributed by atoms with Gasteiger partial charge in [-0.05, 0) is 19.1 Å². The van der Waals surface area contributed by atoms with Gasteiger partial charge in [0.1, 0.15) is 10.0 Å². The zero-order valence-corrected chi connectivity index (χ0v) is 14.5. The summed E-state index contributed by atoms with van der Waals surface area (Å²) in [5.74, 6) is -0.341. The summed E-state index contributed by atoms with van der Waals surface area (Å²) >= 11 is 4.90. The largest absolute Gasteiger partial charge is 1.00 e. The molecule has 1 aromatic carbocycles. The second kappa shape index (κ2) is 9.38. The number of aryl methyl sites for hydroxylation is 1. The molecule has 20 heavy (non-hydrogen) atoms. The molecule has 104 valence electrons. The van der Waals surface area contributed by atoms with Crippen LogP contribution in [0.15, 0.2) is 41.5 Å². The first-order valence-corrected chi connectivity index (χ1v) is 6.83. The van der Waals surface area contributed by atoms with Crippen molar-refractivity contribution in [2.45, 2.75) is 11.8 Å². The Balaban J connectivity index is 0.000000387. The summed E-state index contributed by atoms with van der Waals surface area (Å²) in [6.45, 7) is 1.92. The van der Waals surface area contributed by atoms with Crippen LogP contribution in [0.1, 0.15) is 5.56 Å². The molecule has 0 radical (unpaired) electrons. The third-order valence-corrected chi connectivity index (χ3v) is 3.57. The molecule has 0 atom stereocenters. The Hall–Kier alpha value is -0.570. The van der Waals surface area contributed by atoms with Crippen molar-refractivity contribution in [1.29, 1.82) is 0 Å². The van der Waals surface area contributed by atoms with Crippen LogP contribution in [-0.2, 0) is 24.3 Å². The molecule has 0 spiro atoms. The van der Waals surface area contributed by atoms with Gasteiger partial charge >= 0.3 is 35.5 Å². The minimum absolute atomic E-state index is 0. The minimum atomic E-state index is -3.62. The van der Waals surface area contributed by atoms with Crippen LogP contribution in [0.5, 0.6) is 0 Å². The summed E-state index contributed by atoms with van der Waals surface area (Å²) < 4.78 is 33.6. The second-order valence-corrected chi connectivity index (χ2v) is 5.38. The van der Waals surface area contributed by atoms with Crippen molar-refractivity contribution < 1.29 is 52.2 Å².